The molecule has 2 atom stereocenters. The van der Waals surface area contributed by atoms with E-state index in [0.717, 1.165) is 19.5 Å². The summed E-state index contributed by atoms with van der Waals surface area (Å²) in [5, 5.41) is 0. The highest BCUT2D eigenvalue weighted by Crippen LogP contribution is 2.37. The Bertz CT molecular complexity index is 927. The van der Waals surface area contributed by atoms with E-state index >= 15 is 0 Å². The maximum Gasteiger partial charge on any atom is 0.282 e. The maximum atomic E-state index is 13.5. The molecule has 4 rings (SSSR count). The molecule has 144 valence electrons. The first-order valence-electron chi connectivity index (χ1n) is 9.64. The molecule has 2 heterocycles. The smallest absolute Gasteiger partial charge is 0.282 e. The Balaban J connectivity index is 1.83. The first-order chi connectivity index (χ1) is 13.5. The van der Waals surface area contributed by atoms with Crippen molar-refractivity contribution in [1.29, 1.82) is 0 Å². The summed E-state index contributed by atoms with van der Waals surface area (Å²) in [6.45, 7) is 5.78. The van der Waals surface area contributed by atoms with Gasteiger partial charge in [-0.3, -0.25) is 9.59 Å². The molecule has 0 aromatic heterocycles. The van der Waals surface area contributed by atoms with Crippen LogP contribution in [0, 0.1) is 17.7 Å². The molecule has 0 radical (unpaired) electrons. The topological polar surface area (TPSA) is 40.6 Å². The lowest BCUT2D eigenvalue weighted by Crippen LogP contribution is -2.41. The van der Waals surface area contributed by atoms with E-state index in [4.69, 9.17) is 0 Å². The summed E-state index contributed by atoms with van der Waals surface area (Å²) in [6, 6.07) is 14.7. The highest BCUT2D eigenvalue weighted by Gasteiger charge is 2.43. The monoisotopic (exact) mass is 378 g/mol. The molecule has 2 aromatic rings. The fourth-order valence-electron chi connectivity index (χ4n) is 4.35. The van der Waals surface area contributed by atoms with Crippen LogP contribution >= 0.6 is 0 Å². The first kappa shape index (κ1) is 18.4. The van der Waals surface area contributed by atoms with Crippen LogP contribution in [0.5, 0.6) is 0 Å². The quantitative estimate of drug-likeness (QED) is 0.756. The number of carbonyl (C=O) groups is 2. The Morgan fingerprint density at radius 1 is 0.857 bits per heavy atom. The standard InChI is InChI=1S/C23H23FN2O2/c1-15-12-16(2)14-25(13-15)21-20(17-8-10-18(24)11-9-17)22(27)26(23(21)28)19-6-4-3-5-7-19/h3-11,15-16H,12-14H2,1-2H3. The van der Waals surface area contributed by atoms with Crippen molar-refractivity contribution in [1.82, 2.24) is 4.90 Å². The molecular formula is C23H23FN2O2. The minimum absolute atomic E-state index is 0.308. The zero-order valence-corrected chi connectivity index (χ0v) is 16.1. The molecule has 0 saturated carbocycles. The predicted octanol–water partition coefficient (Wildman–Crippen LogP) is 4.09. The molecule has 0 aliphatic carbocycles. The zero-order chi connectivity index (χ0) is 19.8. The molecular weight excluding hydrogens is 355 g/mol. The van der Waals surface area contributed by atoms with E-state index in [1.165, 1.54) is 17.0 Å². The van der Waals surface area contributed by atoms with Gasteiger partial charge in [-0.05, 0) is 48.1 Å². The van der Waals surface area contributed by atoms with Gasteiger partial charge in [-0.2, -0.15) is 0 Å². The molecule has 28 heavy (non-hydrogen) atoms. The number of carbonyl (C=O) groups excluding carboxylic acids is 2. The Kier molecular flexibility index (Phi) is 4.75. The fourth-order valence-corrected chi connectivity index (χ4v) is 4.35. The lowest BCUT2D eigenvalue weighted by Gasteiger charge is -2.37. The second-order valence-electron chi connectivity index (χ2n) is 7.86. The molecule has 0 bridgehead atoms. The molecule has 0 N–H and O–H groups in total. The van der Waals surface area contributed by atoms with Crippen molar-refractivity contribution in [3.63, 3.8) is 0 Å². The predicted molar refractivity (Wildman–Crippen MR) is 107 cm³/mol. The van der Waals surface area contributed by atoms with Gasteiger partial charge in [0.15, 0.2) is 0 Å². The number of hydrogen-bond acceptors (Lipinski definition) is 3. The molecule has 5 heteroatoms. The van der Waals surface area contributed by atoms with E-state index in [1.54, 1.807) is 36.4 Å². The summed E-state index contributed by atoms with van der Waals surface area (Å²) in [4.78, 5) is 30.0. The van der Waals surface area contributed by atoms with Gasteiger partial charge < -0.3 is 4.90 Å². The largest absolute Gasteiger partial charge is 0.366 e. The minimum atomic E-state index is -0.372. The Labute approximate surface area is 164 Å². The van der Waals surface area contributed by atoms with Crippen LogP contribution in [0.3, 0.4) is 0 Å². The van der Waals surface area contributed by atoms with Gasteiger partial charge in [-0.15, -0.1) is 0 Å². The molecule has 1 saturated heterocycles. The van der Waals surface area contributed by atoms with E-state index in [1.807, 2.05) is 11.0 Å². The van der Waals surface area contributed by atoms with E-state index in [-0.39, 0.29) is 17.6 Å². The SMILES string of the molecule is CC1CC(C)CN(C2=C(c3ccc(F)cc3)C(=O)N(c3ccccc3)C2=O)C1. The summed E-state index contributed by atoms with van der Waals surface area (Å²) >= 11 is 0. The van der Waals surface area contributed by atoms with Crippen molar-refractivity contribution in [3.05, 3.63) is 71.7 Å². The molecule has 2 aromatic carbocycles. The summed E-state index contributed by atoms with van der Waals surface area (Å²) in [6.07, 6.45) is 1.10. The van der Waals surface area contributed by atoms with Gasteiger partial charge in [0, 0.05) is 13.1 Å². The third-order valence-corrected chi connectivity index (χ3v) is 5.39. The van der Waals surface area contributed by atoms with Crippen molar-refractivity contribution < 1.29 is 14.0 Å². The highest BCUT2D eigenvalue weighted by atomic mass is 19.1. The van der Waals surface area contributed by atoms with Gasteiger partial charge in [0.25, 0.3) is 11.8 Å². The van der Waals surface area contributed by atoms with Crippen molar-refractivity contribution in [2.45, 2.75) is 20.3 Å². The lowest BCUT2D eigenvalue weighted by molar-refractivity contribution is -0.120. The molecule has 2 aliphatic rings. The van der Waals surface area contributed by atoms with E-state index < -0.39 is 0 Å². The second-order valence-corrected chi connectivity index (χ2v) is 7.86. The van der Waals surface area contributed by atoms with Crippen LogP contribution in [-0.2, 0) is 9.59 Å². The van der Waals surface area contributed by atoms with Gasteiger partial charge in [0.05, 0.1) is 11.3 Å². The van der Waals surface area contributed by atoms with Crippen LogP contribution in [0.25, 0.3) is 5.57 Å². The molecule has 1 fully saturated rings. The molecule has 2 amide bonds. The van der Waals surface area contributed by atoms with Crippen molar-refractivity contribution in [3.8, 4) is 0 Å². The Hall–Kier alpha value is -2.95. The van der Waals surface area contributed by atoms with Crippen LogP contribution in [-0.4, -0.2) is 29.8 Å². The highest BCUT2D eigenvalue weighted by molar-refractivity contribution is 6.45. The molecule has 0 spiro atoms. The van der Waals surface area contributed by atoms with Crippen molar-refractivity contribution >= 4 is 23.1 Å². The number of hydrogen-bond donors (Lipinski definition) is 0. The number of piperidine rings is 1. The number of anilines is 1. The number of benzene rings is 2. The fraction of sp³-hybridized carbons (Fsp3) is 0.304. The molecule has 2 unspecified atom stereocenters. The third kappa shape index (κ3) is 3.21. The Morgan fingerprint density at radius 2 is 1.46 bits per heavy atom. The van der Waals surface area contributed by atoms with Gasteiger partial charge in [-0.25, -0.2) is 9.29 Å². The summed E-state index contributed by atoms with van der Waals surface area (Å²) in [7, 11) is 0. The minimum Gasteiger partial charge on any atom is -0.366 e. The van der Waals surface area contributed by atoms with Crippen LogP contribution in [0.1, 0.15) is 25.8 Å². The van der Waals surface area contributed by atoms with Crippen LogP contribution in [0.4, 0.5) is 10.1 Å². The number of halogens is 1. The number of rotatable bonds is 3. The average Bonchev–Trinajstić information content (AvgIpc) is 2.93. The number of para-hydroxylation sites is 1. The van der Waals surface area contributed by atoms with Gasteiger partial charge >= 0.3 is 0 Å². The third-order valence-electron chi connectivity index (χ3n) is 5.39. The first-order valence-corrected chi connectivity index (χ1v) is 9.64. The molecule has 2 aliphatic heterocycles. The van der Waals surface area contributed by atoms with E-state index in [9.17, 15) is 14.0 Å². The average molecular weight is 378 g/mol. The lowest BCUT2D eigenvalue weighted by atomic mass is 9.91. The summed E-state index contributed by atoms with van der Waals surface area (Å²) in [5.74, 6) is -0.179. The number of likely N-dealkylation sites (tertiary alicyclic amines) is 1. The van der Waals surface area contributed by atoms with E-state index in [0.29, 0.717) is 34.4 Å². The van der Waals surface area contributed by atoms with Crippen molar-refractivity contribution in [2.75, 3.05) is 18.0 Å². The second kappa shape index (κ2) is 7.23. The summed E-state index contributed by atoms with van der Waals surface area (Å²) < 4.78 is 13.5. The normalized spacial score (nSPS) is 23.0. The van der Waals surface area contributed by atoms with Crippen LogP contribution < -0.4 is 4.90 Å². The van der Waals surface area contributed by atoms with Gasteiger partial charge in [0.1, 0.15) is 11.5 Å². The summed E-state index contributed by atoms with van der Waals surface area (Å²) in [5.41, 5.74) is 1.90. The van der Waals surface area contributed by atoms with Crippen LogP contribution in [0.2, 0.25) is 0 Å². The Morgan fingerprint density at radius 3 is 2.07 bits per heavy atom. The zero-order valence-electron chi connectivity index (χ0n) is 16.1. The number of nitrogens with zero attached hydrogens (tertiary/aromatic N) is 2. The van der Waals surface area contributed by atoms with E-state index in [2.05, 4.69) is 13.8 Å². The van der Waals surface area contributed by atoms with Crippen LogP contribution in [0.15, 0.2) is 60.3 Å². The van der Waals surface area contributed by atoms with Crippen molar-refractivity contribution in [2.24, 2.45) is 11.8 Å². The number of amides is 2. The van der Waals surface area contributed by atoms with Gasteiger partial charge in [0.2, 0.25) is 0 Å². The maximum absolute atomic E-state index is 13.5. The molecule has 4 nitrogen and oxygen atoms in total. The number of imide groups is 1. The van der Waals surface area contributed by atoms with Gasteiger partial charge in [-0.1, -0.05) is 44.2 Å².